The van der Waals surface area contributed by atoms with Gasteiger partial charge in [-0.25, -0.2) is 8.42 Å². The van der Waals surface area contributed by atoms with Gasteiger partial charge in [0.15, 0.2) is 0 Å². The second kappa shape index (κ2) is 7.92. The molecule has 1 atom stereocenters. The third-order valence-electron chi connectivity index (χ3n) is 4.27. The zero-order valence-electron chi connectivity index (χ0n) is 14.2. The van der Waals surface area contributed by atoms with Gasteiger partial charge in [-0.2, -0.15) is 13.2 Å². The van der Waals surface area contributed by atoms with Crippen molar-refractivity contribution in [1.29, 1.82) is 0 Å². The van der Waals surface area contributed by atoms with Crippen molar-refractivity contribution in [2.75, 3.05) is 38.2 Å². The number of nitrogens with one attached hydrogen (secondary N) is 1. The highest BCUT2D eigenvalue weighted by atomic mass is 32.2. The summed E-state index contributed by atoms with van der Waals surface area (Å²) in [5, 5.41) is 2.91. The standard InChI is InChI=1S/C16H23F3N2O3S/c1-12(2)14(21-7-9-24-10-8-21)11-20-13-5-3-4-6-15(13)25(22,23)16(17,18)19/h3-6,12,14,20H,7-11H2,1-2H3. The lowest BCUT2D eigenvalue weighted by atomic mass is 10.0. The number of nitrogens with zero attached hydrogens (tertiary/aromatic N) is 1. The van der Waals surface area contributed by atoms with Gasteiger partial charge in [0, 0.05) is 25.7 Å². The Balaban J connectivity index is 2.20. The Bertz CT molecular complexity index is 671. The van der Waals surface area contributed by atoms with Gasteiger partial charge in [-0.1, -0.05) is 26.0 Å². The van der Waals surface area contributed by atoms with E-state index in [2.05, 4.69) is 10.2 Å². The van der Waals surface area contributed by atoms with Crippen LogP contribution >= 0.6 is 0 Å². The molecule has 1 aliphatic rings. The topological polar surface area (TPSA) is 58.6 Å². The maximum absolute atomic E-state index is 12.9. The summed E-state index contributed by atoms with van der Waals surface area (Å²) in [5.41, 5.74) is -5.36. The predicted molar refractivity (Wildman–Crippen MR) is 89.2 cm³/mol. The Morgan fingerprint density at radius 1 is 1.20 bits per heavy atom. The van der Waals surface area contributed by atoms with Crippen molar-refractivity contribution in [3.63, 3.8) is 0 Å². The molecule has 1 aromatic rings. The van der Waals surface area contributed by atoms with Crippen molar-refractivity contribution in [2.45, 2.75) is 30.3 Å². The average molecular weight is 380 g/mol. The molecular weight excluding hydrogens is 357 g/mol. The minimum atomic E-state index is -5.40. The summed E-state index contributed by atoms with van der Waals surface area (Å²) in [4.78, 5) is 1.47. The van der Waals surface area contributed by atoms with E-state index in [1.165, 1.54) is 18.2 Å². The normalized spacial score (nSPS) is 18.3. The fourth-order valence-electron chi connectivity index (χ4n) is 2.88. The molecule has 9 heteroatoms. The first kappa shape index (κ1) is 20.0. The third-order valence-corrected chi connectivity index (χ3v) is 5.81. The lowest BCUT2D eigenvalue weighted by molar-refractivity contribution is -0.0435. The maximum Gasteiger partial charge on any atom is 0.501 e. The first-order valence-corrected chi connectivity index (χ1v) is 9.59. The molecule has 0 radical (unpaired) electrons. The molecule has 0 amide bonds. The molecule has 0 spiro atoms. The molecule has 1 aromatic carbocycles. The SMILES string of the molecule is CC(C)C(CNc1ccccc1S(=O)(=O)C(F)(F)F)N1CCOCC1. The minimum Gasteiger partial charge on any atom is -0.382 e. The summed E-state index contributed by atoms with van der Waals surface area (Å²) >= 11 is 0. The van der Waals surface area contributed by atoms with Crippen LogP contribution in [0.25, 0.3) is 0 Å². The number of rotatable bonds is 6. The van der Waals surface area contributed by atoms with E-state index in [1.807, 2.05) is 13.8 Å². The van der Waals surface area contributed by atoms with Gasteiger partial charge in [-0.3, -0.25) is 4.90 Å². The highest BCUT2D eigenvalue weighted by molar-refractivity contribution is 7.92. The van der Waals surface area contributed by atoms with E-state index >= 15 is 0 Å². The summed E-state index contributed by atoms with van der Waals surface area (Å²) < 4.78 is 67.5. The first-order valence-electron chi connectivity index (χ1n) is 8.10. The monoisotopic (exact) mass is 380 g/mol. The van der Waals surface area contributed by atoms with E-state index in [4.69, 9.17) is 4.74 Å². The van der Waals surface area contributed by atoms with Crippen molar-refractivity contribution in [2.24, 2.45) is 5.92 Å². The lowest BCUT2D eigenvalue weighted by Gasteiger charge is -2.37. The van der Waals surface area contributed by atoms with Gasteiger partial charge in [0.05, 0.1) is 23.8 Å². The molecule has 0 bridgehead atoms. The van der Waals surface area contributed by atoms with Gasteiger partial charge < -0.3 is 10.1 Å². The van der Waals surface area contributed by atoms with E-state index in [0.29, 0.717) is 19.8 Å². The Morgan fingerprint density at radius 2 is 1.80 bits per heavy atom. The smallest absolute Gasteiger partial charge is 0.382 e. The molecular formula is C16H23F3N2O3S. The van der Waals surface area contributed by atoms with Crippen LogP contribution in [0.15, 0.2) is 29.2 Å². The fraction of sp³-hybridized carbons (Fsp3) is 0.625. The second-order valence-corrected chi connectivity index (χ2v) is 8.20. The van der Waals surface area contributed by atoms with Crippen LogP contribution in [0.5, 0.6) is 0 Å². The molecule has 5 nitrogen and oxygen atoms in total. The van der Waals surface area contributed by atoms with Crippen LogP contribution in [0, 0.1) is 5.92 Å². The molecule has 1 heterocycles. The maximum atomic E-state index is 12.9. The number of hydrogen-bond donors (Lipinski definition) is 1. The molecule has 2 rings (SSSR count). The minimum absolute atomic E-state index is 0.0289. The predicted octanol–water partition coefficient (Wildman–Crippen LogP) is 2.75. The summed E-state index contributed by atoms with van der Waals surface area (Å²) in [6.07, 6.45) is 0. The molecule has 1 aliphatic heterocycles. The van der Waals surface area contributed by atoms with Crippen molar-refractivity contribution in [3.05, 3.63) is 24.3 Å². The van der Waals surface area contributed by atoms with Crippen LogP contribution in [0.1, 0.15) is 13.8 Å². The molecule has 0 aromatic heterocycles. The molecule has 25 heavy (non-hydrogen) atoms. The molecule has 0 aliphatic carbocycles. The van der Waals surface area contributed by atoms with E-state index in [9.17, 15) is 21.6 Å². The van der Waals surface area contributed by atoms with E-state index < -0.39 is 20.2 Å². The van der Waals surface area contributed by atoms with Crippen LogP contribution < -0.4 is 5.32 Å². The summed E-state index contributed by atoms with van der Waals surface area (Å²) in [6, 6.07) is 5.19. The highest BCUT2D eigenvalue weighted by Gasteiger charge is 2.47. The van der Waals surface area contributed by atoms with Gasteiger partial charge in [-0.05, 0) is 18.1 Å². The summed E-state index contributed by atoms with van der Waals surface area (Å²) in [7, 11) is -5.40. The van der Waals surface area contributed by atoms with Crippen LogP contribution in [0.4, 0.5) is 18.9 Å². The first-order chi connectivity index (χ1) is 11.6. The van der Waals surface area contributed by atoms with E-state index in [-0.39, 0.29) is 17.6 Å². The Kier molecular flexibility index (Phi) is 6.34. The van der Waals surface area contributed by atoms with Crippen LogP contribution in [0.3, 0.4) is 0 Å². The van der Waals surface area contributed by atoms with Gasteiger partial charge in [-0.15, -0.1) is 0 Å². The average Bonchev–Trinajstić information content (AvgIpc) is 2.55. The van der Waals surface area contributed by atoms with Crippen molar-refractivity contribution >= 4 is 15.5 Å². The van der Waals surface area contributed by atoms with Crippen molar-refractivity contribution in [1.82, 2.24) is 4.90 Å². The number of halogens is 3. The molecule has 1 saturated heterocycles. The number of alkyl halides is 3. The summed E-state index contributed by atoms with van der Waals surface area (Å²) in [5.74, 6) is 0.247. The van der Waals surface area contributed by atoms with E-state index in [1.54, 1.807) is 0 Å². The van der Waals surface area contributed by atoms with Crippen LogP contribution in [-0.4, -0.2) is 57.7 Å². The number of sulfone groups is 1. The number of para-hydroxylation sites is 1. The molecule has 142 valence electrons. The second-order valence-electron chi connectivity index (χ2n) is 6.29. The van der Waals surface area contributed by atoms with Gasteiger partial charge >= 0.3 is 5.51 Å². The molecule has 1 unspecified atom stereocenters. The zero-order chi connectivity index (χ0) is 18.7. The molecule has 0 saturated carbocycles. The van der Waals surface area contributed by atoms with Crippen molar-refractivity contribution in [3.8, 4) is 0 Å². The van der Waals surface area contributed by atoms with Crippen LogP contribution in [0.2, 0.25) is 0 Å². The van der Waals surface area contributed by atoms with Gasteiger partial charge in [0.1, 0.15) is 0 Å². The summed E-state index contributed by atoms with van der Waals surface area (Å²) in [6.45, 7) is 7.12. The largest absolute Gasteiger partial charge is 0.501 e. The van der Waals surface area contributed by atoms with Gasteiger partial charge in [0.2, 0.25) is 0 Å². The number of ether oxygens (including phenoxy) is 1. The number of hydrogen-bond acceptors (Lipinski definition) is 5. The zero-order valence-corrected chi connectivity index (χ0v) is 15.0. The molecule has 1 fully saturated rings. The Morgan fingerprint density at radius 3 is 2.36 bits per heavy atom. The number of anilines is 1. The molecule has 1 N–H and O–H groups in total. The lowest BCUT2D eigenvalue weighted by Crippen LogP contribution is -2.49. The Labute approximate surface area is 146 Å². The quantitative estimate of drug-likeness (QED) is 0.822. The fourth-order valence-corrected chi connectivity index (χ4v) is 3.82. The Hall–Kier alpha value is -1.32. The van der Waals surface area contributed by atoms with Gasteiger partial charge in [0.25, 0.3) is 9.84 Å². The van der Waals surface area contributed by atoms with E-state index in [0.717, 1.165) is 19.2 Å². The third kappa shape index (κ3) is 4.65. The highest BCUT2D eigenvalue weighted by Crippen LogP contribution is 2.34. The number of morpholine rings is 1. The van der Waals surface area contributed by atoms with Crippen LogP contribution in [-0.2, 0) is 14.6 Å². The number of benzene rings is 1. The van der Waals surface area contributed by atoms with Crippen molar-refractivity contribution < 1.29 is 26.3 Å².